The van der Waals surface area contributed by atoms with Gasteiger partial charge in [0.25, 0.3) is 0 Å². The van der Waals surface area contributed by atoms with Crippen molar-refractivity contribution in [2.45, 2.75) is 23.8 Å². The second-order valence-corrected chi connectivity index (χ2v) is 9.50. The molecule has 1 aliphatic rings. The Morgan fingerprint density at radius 2 is 2.00 bits per heavy atom. The molecule has 0 saturated carbocycles. The number of rotatable bonds is 6. The fraction of sp³-hybridized carbons (Fsp3) is 0.174. The highest BCUT2D eigenvalue weighted by molar-refractivity contribution is 8.00. The van der Waals surface area contributed by atoms with Gasteiger partial charge in [-0.3, -0.25) is 0 Å². The number of nitrogens with zero attached hydrogens (tertiary/aromatic N) is 3. The molecule has 2 aromatic heterocycles. The van der Waals surface area contributed by atoms with Gasteiger partial charge in [0.15, 0.2) is 5.82 Å². The Bertz CT molecular complexity index is 1340. The lowest BCUT2D eigenvalue weighted by Gasteiger charge is -2.11. The summed E-state index contributed by atoms with van der Waals surface area (Å²) in [5.41, 5.74) is 7.16. The van der Waals surface area contributed by atoms with Gasteiger partial charge >= 0.3 is 0 Å². The van der Waals surface area contributed by atoms with Crippen LogP contribution in [0.4, 0.5) is 24.8 Å². The average molecular weight is 501 g/mol. The van der Waals surface area contributed by atoms with E-state index in [1.807, 2.05) is 0 Å². The summed E-state index contributed by atoms with van der Waals surface area (Å²) in [6, 6.07) is 9.73. The third-order valence-corrected chi connectivity index (χ3v) is 7.37. The summed E-state index contributed by atoms with van der Waals surface area (Å²) in [5.74, 6) is -1.63. The topological polar surface area (TPSA) is 88.8 Å². The van der Waals surface area contributed by atoms with Crippen molar-refractivity contribution in [1.82, 2.24) is 20.3 Å². The molecular weight excluding hydrogens is 481 g/mol. The summed E-state index contributed by atoms with van der Waals surface area (Å²) in [4.78, 5) is 13.7. The van der Waals surface area contributed by atoms with E-state index in [0.717, 1.165) is 54.5 Å². The van der Waals surface area contributed by atoms with Crippen molar-refractivity contribution < 1.29 is 13.2 Å². The first-order valence-electron chi connectivity index (χ1n) is 10.5. The fourth-order valence-corrected chi connectivity index (χ4v) is 5.57. The maximum absolute atomic E-state index is 15.7. The van der Waals surface area contributed by atoms with E-state index in [1.165, 1.54) is 17.4 Å². The number of hydrogen-bond donors (Lipinski definition) is 3. The normalized spacial score (nSPS) is 15.6. The molecule has 2 aromatic carbocycles. The Hall–Kier alpha value is -3.15. The van der Waals surface area contributed by atoms with Gasteiger partial charge in [0, 0.05) is 11.8 Å². The number of anilines is 2. The Morgan fingerprint density at radius 3 is 2.79 bits per heavy atom. The molecule has 0 spiro atoms. The zero-order chi connectivity index (χ0) is 23.7. The van der Waals surface area contributed by atoms with Gasteiger partial charge in [-0.1, -0.05) is 6.07 Å². The van der Waals surface area contributed by atoms with Gasteiger partial charge in [0.1, 0.15) is 16.6 Å². The van der Waals surface area contributed by atoms with Crippen LogP contribution in [0.1, 0.15) is 23.9 Å². The second-order valence-electron chi connectivity index (χ2n) is 7.62. The maximum Gasteiger partial charge on any atom is 0.220 e. The maximum atomic E-state index is 15.7. The van der Waals surface area contributed by atoms with Gasteiger partial charge in [-0.05, 0) is 67.7 Å². The second kappa shape index (κ2) is 9.61. The van der Waals surface area contributed by atoms with Crippen LogP contribution in [0.5, 0.6) is 0 Å². The minimum atomic E-state index is -0.604. The Morgan fingerprint density at radius 1 is 1.12 bits per heavy atom. The van der Waals surface area contributed by atoms with Crippen LogP contribution in [0.25, 0.3) is 21.8 Å². The van der Waals surface area contributed by atoms with Crippen molar-refractivity contribution in [3.63, 3.8) is 0 Å². The summed E-state index contributed by atoms with van der Waals surface area (Å²) in [5, 5.41) is 4.26. The lowest BCUT2D eigenvalue weighted by molar-refractivity contribution is 0.577. The van der Waals surface area contributed by atoms with Crippen molar-refractivity contribution >= 4 is 34.9 Å². The first kappa shape index (κ1) is 22.6. The molecule has 11 heteroatoms. The smallest absolute Gasteiger partial charge is 0.220 e. The monoisotopic (exact) mass is 500 g/mol. The van der Waals surface area contributed by atoms with Crippen LogP contribution >= 0.6 is 23.3 Å². The fourth-order valence-electron chi connectivity index (χ4n) is 3.70. The van der Waals surface area contributed by atoms with Crippen LogP contribution in [0.15, 0.2) is 53.6 Å². The minimum absolute atomic E-state index is 0.0187. The summed E-state index contributed by atoms with van der Waals surface area (Å²) in [6.07, 6.45) is 3.53. The molecule has 4 aromatic rings. The number of hydrogen-bond acceptors (Lipinski definition) is 8. The first-order valence-corrected chi connectivity index (χ1v) is 12.1. The van der Waals surface area contributed by atoms with E-state index in [9.17, 15) is 8.78 Å². The Labute approximate surface area is 202 Å². The minimum Gasteiger partial charge on any atom is -0.368 e. The zero-order valence-electron chi connectivity index (χ0n) is 17.7. The molecule has 1 saturated heterocycles. The predicted octanol–water partition coefficient (Wildman–Crippen LogP) is 5.81. The van der Waals surface area contributed by atoms with Gasteiger partial charge in [0.05, 0.1) is 32.9 Å². The molecule has 0 radical (unpaired) electrons. The lowest BCUT2D eigenvalue weighted by atomic mass is 10.1. The van der Waals surface area contributed by atoms with E-state index in [0.29, 0.717) is 16.3 Å². The first-order chi connectivity index (χ1) is 16.5. The standard InChI is InChI=1S/C23H19F3N6S2/c24-12-6-7-14(25)18(11-12)34-32-15-4-1-3-13(19(15)26)20-21(16-8-10-29-23(27)30-16)33-22(31-20)17-5-2-9-28-17/h1,3-4,6-8,10-11,17,28,32H,2,5,9H2,(H2,27,29,30). The highest BCUT2D eigenvalue weighted by Crippen LogP contribution is 2.41. The molecule has 0 amide bonds. The van der Waals surface area contributed by atoms with Crippen molar-refractivity contribution in [2.75, 3.05) is 17.0 Å². The molecular formula is C23H19F3N6S2. The average Bonchev–Trinajstić information content (AvgIpc) is 3.51. The molecule has 1 fully saturated rings. The van der Waals surface area contributed by atoms with Gasteiger partial charge in [0.2, 0.25) is 5.95 Å². The molecule has 3 heterocycles. The number of aromatic nitrogens is 3. The number of nitrogens with two attached hydrogens (primary N) is 1. The van der Waals surface area contributed by atoms with Crippen LogP contribution in [0, 0.1) is 17.5 Å². The highest BCUT2D eigenvalue weighted by atomic mass is 32.2. The van der Waals surface area contributed by atoms with E-state index >= 15 is 4.39 Å². The summed E-state index contributed by atoms with van der Waals surface area (Å²) in [7, 11) is 0. The van der Waals surface area contributed by atoms with Crippen molar-refractivity contribution in [2.24, 2.45) is 0 Å². The van der Waals surface area contributed by atoms with Crippen molar-refractivity contribution in [1.29, 1.82) is 0 Å². The summed E-state index contributed by atoms with van der Waals surface area (Å²) >= 11 is 2.23. The molecule has 34 heavy (non-hydrogen) atoms. The number of halogens is 3. The molecule has 6 nitrogen and oxygen atoms in total. The van der Waals surface area contributed by atoms with Crippen LogP contribution in [0.2, 0.25) is 0 Å². The van der Waals surface area contributed by atoms with E-state index in [1.54, 1.807) is 24.4 Å². The lowest BCUT2D eigenvalue weighted by Crippen LogP contribution is -2.12. The van der Waals surface area contributed by atoms with E-state index in [2.05, 4.69) is 20.0 Å². The van der Waals surface area contributed by atoms with Crippen molar-refractivity contribution in [3.8, 4) is 21.8 Å². The SMILES string of the molecule is Nc1nccc(-c2sc(C3CCCN3)nc2-c2cccc(NSc3cc(F)ccc3F)c2F)n1. The zero-order valence-corrected chi connectivity index (χ0v) is 19.3. The van der Waals surface area contributed by atoms with E-state index in [4.69, 9.17) is 10.7 Å². The van der Waals surface area contributed by atoms with Gasteiger partial charge < -0.3 is 15.8 Å². The van der Waals surface area contributed by atoms with Gasteiger partial charge in [-0.2, -0.15) is 0 Å². The molecule has 0 bridgehead atoms. The largest absolute Gasteiger partial charge is 0.368 e. The van der Waals surface area contributed by atoms with Crippen LogP contribution < -0.4 is 15.8 Å². The van der Waals surface area contributed by atoms with Gasteiger partial charge in [-0.25, -0.2) is 28.1 Å². The molecule has 0 aliphatic carbocycles. The van der Waals surface area contributed by atoms with Crippen LogP contribution in [-0.2, 0) is 0 Å². The molecule has 174 valence electrons. The quantitative estimate of drug-likeness (QED) is 0.288. The summed E-state index contributed by atoms with van der Waals surface area (Å²) < 4.78 is 45.9. The Balaban J connectivity index is 1.53. The van der Waals surface area contributed by atoms with Crippen LogP contribution in [-0.4, -0.2) is 21.5 Å². The van der Waals surface area contributed by atoms with Gasteiger partial charge in [-0.15, -0.1) is 11.3 Å². The molecule has 1 atom stereocenters. The number of nitrogen functional groups attached to an aromatic ring is 1. The Kier molecular flexibility index (Phi) is 6.40. The van der Waals surface area contributed by atoms with E-state index < -0.39 is 17.5 Å². The number of nitrogens with one attached hydrogen (secondary N) is 2. The van der Waals surface area contributed by atoms with Crippen LogP contribution in [0.3, 0.4) is 0 Å². The van der Waals surface area contributed by atoms with E-state index in [-0.39, 0.29) is 28.1 Å². The summed E-state index contributed by atoms with van der Waals surface area (Å²) in [6.45, 7) is 0.900. The van der Waals surface area contributed by atoms with Crippen molar-refractivity contribution in [3.05, 3.63) is 71.1 Å². The predicted molar refractivity (Wildman–Crippen MR) is 129 cm³/mol. The molecule has 1 unspecified atom stereocenters. The third-order valence-electron chi connectivity index (χ3n) is 5.33. The number of benzene rings is 2. The highest BCUT2D eigenvalue weighted by Gasteiger charge is 2.26. The number of thiazole rings is 1. The molecule has 4 N–H and O–H groups in total. The molecule has 1 aliphatic heterocycles. The molecule has 5 rings (SSSR count). The third kappa shape index (κ3) is 4.59.